The van der Waals surface area contributed by atoms with Crippen LogP contribution < -0.4 is 10.6 Å². The van der Waals surface area contributed by atoms with Gasteiger partial charge in [0.25, 0.3) is 0 Å². The van der Waals surface area contributed by atoms with Crippen LogP contribution in [0.2, 0.25) is 0 Å². The van der Waals surface area contributed by atoms with E-state index >= 15 is 0 Å². The average Bonchev–Trinajstić information content (AvgIpc) is 2.85. The Morgan fingerprint density at radius 1 is 1.47 bits per heavy atom. The third-order valence-corrected chi connectivity index (χ3v) is 4.35. The Labute approximate surface area is 118 Å². The molecule has 5 nitrogen and oxygen atoms in total. The van der Waals surface area contributed by atoms with Crippen molar-refractivity contribution in [2.45, 2.75) is 30.8 Å². The van der Waals surface area contributed by atoms with Gasteiger partial charge in [-0.3, -0.25) is 20.4 Å². The van der Waals surface area contributed by atoms with E-state index in [1.54, 1.807) is 6.26 Å². The lowest BCUT2D eigenvalue weighted by Gasteiger charge is -2.43. The molecular formula is C13H21ClN4O. The molecule has 3 atom stereocenters. The fraction of sp³-hybridized carbons (Fsp3) is 0.692. The predicted octanol–water partition coefficient (Wildman–Crippen LogP) is 0.827. The topological polar surface area (TPSA) is 43.7 Å². The van der Waals surface area contributed by atoms with E-state index in [1.807, 2.05) is 12.3 Å². The van der Waals surface area contributed by atoms with E-state index in [2.05, 4.69) is 27.5 Å². The molecule has 1 aromatic rings. The van der Waals surface area contributed by atoms with Crippen LogP contribution in [-0.2, 0) is 6.54 Å². The summed E-state index contributed by atoms with van der Waals surface area (Å²) in [7, 11) is 2.19. The molecular weight excluding hydrogens is 264 g/mol. The van der Waals surface area contributed by atoms with Crippen molar-refractivity contribution in [1.29, 1.82) is 0 Å². The molecule has 0 amide bonds. The van der Waals surface area contributed by atoms with E-state index < -0.39 is 0 Å². The largest absolute Gasteiger partial charge is 0.472 e. The zero-order valence-electron chi connectivity index (χ0n) is 11.2. The fourth-order valence-electron chi connectivity index (χ4n) is 3.02. The molecule has 0 aliphatic carbocycles. The number of alkyl halides is 1. The van der Waals surface area contributed by atoms with Gasteiger partial charge in [-0.25, -0.2) is 0 Å². The van der Waals surface area contributed by atoms with Gasteiger partial charge < -0.3 is 4.42 Å². The molecule has 6 heteroatoms. The van der Waals surface area contributed by atoms with Crippen molar-refractivity contribution in [3.05, 3.63) is 24.2 Å². The molecule has 19 heavy (non-hydrogen) atoms. The fourth-order valence-corrected chi connectivity index (χ4v) is 3.24. The van der Waals surface area contributed by atoms with Crippen LogP contribution >= 0.6 is 11.6 Å². The van der Waals surface area contributed by atoms with E-state index in [1.165, 1.54) is 12.0 Å². The molecule has 2 N–H and O–H groups in total. The summed E-state index contributed by atoms with van der Waals surface area (Å²) in [5.41, 5.74) is 1.06. The second-order valence-electron chi connectivity index (χ2n) is 5.39. The average molecular weight is 285 g/mol. The summed E-state index contributed by atoms with van der Waals surface area (Å²) >= 11 is 6.20. The first-order valence-electron chi connectivity index (χ1n) is 6.83. The molecule has 3 unspecified atom stereocenters. The first-order valence-corrected chi connectivity index (χ1v) is 7.26. The minimum absolute atomic E-state index is 0.153. The quantitative estimate of drug-likeness (QED) is 0.622. The predicted molar refractivity (Wildman–Crippen MR) is 74.7 cm³/mol. The molecule has 0 spiro atoms. The van der Waals surface area contributed by atoms with Gasteiger partial charge in [0.05, 0.1) is 24.7 Å². The molecule has 0 aromatic carbocycles. The number of hydrogen-bond donors (Lipinski definition) is 2. The number of furan rings is 1. The number of rotatable bonds is 2. The number of halogens is 1. The van der Waals surface area contributed by atoms with E-state index in [4.69, 9.17) is 16.0 Å². The standard InChI is InChI=1S/C13H21ClN4O/c1-17-4-2-5-18(8-10-3-6-19-9-10)12-11(17)7-15-13(14)16-12/h3,6,9,11-13,15-16H,2,4-5,7-8H2,1H3. The van der Waals surface area contributed by atoms with Crippen LogP contribution in [-0.4, -0.2) is 54.3 Å². The number of nitrogens with one attached hydrogen (secondary N) is 2. The van der Waals surface area contributed by atoms with Gasteiger partial charge in [0, 0.05) is 25.2 Å². The van der Waals surface area contributed by atoms with Gasteiger partial charge in [-0.05, 0) is 26.1 Å². The number of nitrogens with zero attached hydrogens (tertiary/aromatic N) is 2. The van der Waals surface area contributed by atoms with Crippen molar-refractivity contribution >= 4 is 11.6 Å². The summed E-state index contributed by atoms with van der Waals surface area (Å²) < 4.78 is 5.17. The van der Waals surface area contributed by atoms with Crippen LogP contribution in [0.25, 0.3) is 0 Å². The maximum atomic E-state index is 6.20. The second-order valence-corrected chi connectivity index (χ2v) is 5.82. The van der Waals surface area contributed by atoms with Gasteiger partial charge in [0.1, 0.15) is 5.62 Å². The third kappa shape index (κ3) is 2.95. The molecule has 2 aliphatic rings. The van der Waals surface area contributed by atoms with Gasteiger partial charge in [0.2, 0.25) is 0 Å². The van der Waals surface area contributed by atoms with Crippen molar-refractivity contribution in [3.63, 3.8) is 0 Å². The Bertz CT molecular complexity index is 399. The lowest BCUT2D eigenvalue weighted by Crippen LogP contribution is -2.67. The maximum absolute atomic E-state index is 6.20. The van der Waals surface area contributed by atoms with Crippen LogP contribution in [0.4, 0.5) is 0 Å². The van der Waals surface area contributed by atoms with E-state index in [0.717, 1.165) is 26.2 Å². The Morgan fingerprint density at radius 2 is 2.37 bits per heavy atom. The van der Waals surface area contributed by atoms with Crippen molar-refractivity contribution in [2.75, 3.05) is 26.7 Å². The van der Waals surface area contributed by atoms with E-state index in [9.17, 15) is 0 Å². The first-order chi connectivity index (χ1) is 9.24. The molecule has 2 saturated heterocycles. The minimum atomic E-state index is -0.153. The summed E-state index contributed by atoms with van der Waals surface area (Å²) in [4.78, 5) is 4.89. The smallest absolute Gasteiger partial charge is 0.136 e. The SMILES string of the molecule is CN1CCCN(Cc2ccoc2)C2NC(Cl)NCC21. The number of fused-ring (bicyclic) bond motifs is 1. The van der Waals surface area contributed by atoms with E-state index in [0.29, 0.717) is 6.04 Å². The highest BCUT2D eigenvalue weighted by Gasteiger charge is 2.37. The van der Waals surface area contributed by atoms with Crippen molar-refractivity contribution < 1.29 is 4.42 Å². The molecule has 106 valence electrons. The molecule has 2 aliphatic heterocycles. The highest BCUT2D eigenvalue weighted by molar-refractivity contribution is 6.20. The van der Waals surface area contributed by atoms with Crippen LogP contribution in [0.1, 0.15) is 12.0 Å². The highest BCUT2D eigenvalue weighted by atomic mass is 35.5. The van der Waals surface area contributed by atoms with Crippen LogP contribution in [0.15, 0.2) is 23.0 Å². The number of hydrogen-bond acceptors (Lipinski definition) is 5. The lowest BCUT2D eigenvalue weighted by molar-refractivity contribution is 0.0665. The monoisotopic (exact) mass is 284 g/mol. The molecule has 1 aromatic heterocycles. The Kier molecular flexibility index (Phi) is 4.10. The molecule has 0 saturated carbocycles. The minimum Gasteiger partial charge on any atom is -0.472 e. The molecule has 0 radical (unpaired) electrons. The van der Waals surface area contributed by atoms with Crippen molar-refractivity contribution in [1.82, 2.24) is 20.4 Å². The lowest BCUT2D eigenvalue weighted by atomic mass is 10.1. The molecule has 3 rings (SSSR count). The number of likely N-dealkylation sites (N-methyl/N-ethyl adjacent to an activating group) is 1. The van der Waals surface area contributed by atoms with Gasteiger partial charge in [0.15, 0.2) is 0 Å². The molecule has 2 fully saturated rings. The Hall–Kier alpha value is -0.590. The van der Waals surface area contributed by atoms with Crippen LogP contribution in [0.5, 0.6) is 0 Å². The molecule has 3 heterocycles. The van der Waals surface area contributed by atoms with Gasteiger partial charge >= 0.3 is 0 Å². The van der Waals surface area contributed by atoms with Gasteiger partial charge in [-0.2, -0.15) is 0 Å². The first kappa shape index (κ1) is 13.4. The van der Waals surface area contributed by atoms with Crippen LogP contribution in [0.3, 0.4) is 0 Å². The maximum Gasteiger partial charge on any atom is 0.136 e. The van der Waals surface area contributed by atoms with Gasteiger partial charge in [-0.1, -0.05) is 11.6 Å². The van der Waals surface area contributed by atoms with Crippen LogP contribution in [0, 0.1) is 0 Å². The normalized spacial score (nSPS) is 33.9. The van der Waals surface area contributed by atoms with Crippen molar-refractivity contribution in [3.8, 4) is 0 Å². The second kappa shape index (κ2) is 5.81. The summed E-state index contributed by atoms with van der Waals surface area (Å²) in [6, 6.07) is 2.48. The van der Waals surface area contributed by atoms with Crippen molar-refractivity contribution in [2.24, 2.45) is 0 Å². The summed E-state index contributed by atoms with van der Waals surface area (Å²) in [6.45, 7) is 4.03. The third-order valence-electron chi connectivity index (χ3n) is 4.07. The van der Waals surface area contributed by atoms with Gasteiger partial charge in [-0.15, -0.1) is 0 Å². The zero-order valence-corrected chi connectivity index (χ0v) is 11.9. The summed E-state index contributed by atoms with van der Waals surface area (Å²) in [5, 5.41) is 6.75. The summed E-state index contributed by atoms with van der Waals surface area (Å²) in [5.74, 6) is 0. The zero-order chi connectivity index (χ0) is 13.2. The van der Waals surface area contributed by atoms with E-state index in [-0.39, 0.29) is 11.8 Å². The Balaban J connectivity index is 1.77. The highest BCUT2D eigenvalue weighted by Crippen LogP contribution is 2.20. The molecule has 0 bridgehead atoms. The Morgan fingerprint density at radius 3 is 3.16 bits per heavy atom. The summed E-state index contributed by atoms with van der Waals surface area (Å²) in [6.07, 6.45) is 5.02.